The lowest BCUT2D eigenvalue weighted by Crippen LogP contribution is -2.15. The highest BCUT2D eigenvalue weighted by atomic mass is 32.1. The predicted octanol–water partition coefficient (Wildman–Crippen LogP) is 0.00770. The van der Waals surface area contributed by atoms with Crippen LogP contribution in [-0.4, -0.2) is 118 Å². The summed E-state index contributed by atoms with van der Waals surface area (Å²) in [5, 5.41) is 0. The third kappa shape index (κ3) is 26.0. The quantitative estimate of drug-likeness (QED) is 0.153. The molecular weight excluding hydrogens is 390 g/mol. The molecule has 0 aromatic rings. The Kier molecular flexibility index (Phi) is 27.0. The summed E-state index contributed by atoms with van der Waals surface area (Å²) in [4.78, 5) is 0. The van der Waals surface area contributed by atoms with Crippen LogP contribution >= 0.6 is 12.6 Å². The van der Waals surface area contributed by atoms with Crippen molar-refractivity contribution in [1.29, 1.82) is 0 Å². The van der Waals surface area contributed by atoms with Gasteiger partial charge >= 0.3 is 0 Å². The molecule has 0 unspecified atom stereocenters. The van der Waals surface area contributed by atoms with E-state index in [-0.39, 0.29) is 0 Å². The molecule has 0 atom stereocenters. The molecule has 0 fully saturated rings. The zero-order chi connectivity index (χ0) is 20.4. The molecule has 0 spiro atoms. The molecule has 0 aromatic heterocycles. The van der Waals surface area contributed by atoms with Crippen LogP contribution in [0, 0.1) is 0 Å². The maximum Gasteiger partial charge on any atom is 0.0701 e. The van der Waals surface area contributed by atoms with Gasteiger partial charge in [0.05, 0.1) is 106 Å². The molecule has 2 N–H and O–H groups in total. The highest BCUT2D eigenvalue weighted by Crippen LogP contribution is 1.85. The minimum atomic E-state index is 0.533. The molecule has 0 heterocycles. The number of nitrogens with two attached hydrogens (primary N) is 1. The average Bonchev–Trinajstić information content (AvgIpc) is 2.71. The third-order valence-corrected chi connectivity index (χ3v) is 3.28. The SMILES string of the molecule is NCCOCCOCCOCCOCCOCCOCCOCCOCCS. The van der Waals surface area contributed by atoms with E-state index in [1.165, 1.54) is 0 Å². The van der Waals surface area contributed by atoms with Crippen LogP contribution in [0.5, 0.6) is 0 Å². The van der Waals surface area contributed by atoms with Crippen molar-refractivity contribution in [2.45, 2.75) is 0 Å². The van der Waals surface area contributed by atoms with E-state index in [0.29, 0.717) is 112 Å². The fourth-order valence-electron chi connectivity index (χ4n) is 1.79. The van der Waals surface area contributed by atoms with Crippen LogP contribution in [0.25, 0.3) is 0 Å². The lowest BCUT2D eigenvalue weighted by Gasteiger charge is -2.08. The van der Waals surface area contributed by atoms with E-state index >= 15 is 0 Å². The van der Waals surface area contributed by atoms with Crippen molar-refractivity contribution in [3.05, 3.63) is 0 Å². The van der Waals surface area contributed by atoms with Gasteiger partial charge in [0.25, 0.3) is 0 Å². The maximum absolute atomic E-state index is 5.41. The summed E-state index contributed by atoms with van der Waals surface area (Å²) in [5.41, 5.74) is 5.30. The van der Waals surface area contributed by atoms with Crippen molar-refractivity contribution in [1.82, 2.24) is 0 Å². The van der Waals surface area contributed by atoms with Crippen molar-refractivity contribution >= 4 is 12.6 Å². The molecular formula is C18H39NO8S. The first-order valence-electron chi connectivity index (χ1n) is 9.84. The molecule has 28 heavy (non-hydrogen) atoms. The number of ether oxygens (including phenoxy) is 8. The molecule has 0 saturated carbocycles. The van der Waals surface area contributed by atoms with Gasteiger partial charge in [-0.3, -0.25) is 0 Å². The van der Waals surface area contributed by atoms with E-state index in [4.69, 9.17) is 43.6 Å². The van der Waals surface area contributed by atoms with Gasteiger partial charge in [-0.1, -0.05) is 0 Å². The third-order valence-electron chi connectivity index (χ3n) is 3.10. The maximum atomic E-state index is 5.41. The monoisotopic (exact) mass is 429 g/mol. The first-order chi connectivity index (χ1) is 13.9. The summed E-state index contributed by atoms with van der Waals surface area (Å²) in [6.07, 6.45) is 0. The molecule has 0 aliphatic rings. The molecule has 0 rings (SSSR count). The molecule has 0 saturated heterocycles. The Balaban J connectivity index is 2.96. The predicted molar refractivity (Wildman–Crippen MR) is 109 cm³/mol. The van der Waals surface area contributed by atoms with Crippen LogP contribution in [0.2, 0.25) is 0 Å². The molecule has 170 valence electrons. The normalized spacial score (nSPS) is 11.4. The second kappa shape index (κ2) is 27.0. The summed E-state index contributed by atoms with van der Waals surface area (Å²) in [6.45, 7) is 9.45. The highest BCUT2D eigenvalue weighted by Gasteiger charge is 1.94. The van der Waals surface area contributed by atoms with Gasteiger partial charge in [-0.25, -0.2) is 0 Å². The molecule has 0 aliphatic carbocycles. The van der Waals surface area contributed by atoms with Crippen molar-refractivity contribution < 1.29 is 37.9 Å². The minimum Gasteiger partial charge on any atom is -0.378 e. The molecule has 9 nitrogen and oxygen atoms in total. The average molecular weight is 430 g/mol. The first-order valence-corrected chi connectivity index (χ1v) is 10.5. The number of thiol groups is 1. The molecule has 0 aliphatic heterocycles. The van der Waals surface area contributed by atoms with Crippen LogP contribution in [0.1, 0.15) is 0 Å². The first kappa shape index (κ1) is 28.0. The zero-order valence-corrected chi connectivity index (χ0v) is 17.9. The topological polar surface area (TPSA) is 99.9 Å². The van der Waals surface area contributed by atoms with E-state index < -0.39 is 0 Å². The smallest absolute Gasteiger partial charge is 0.0701 e. The largest absolute Gasteiger partial charge is 0.378 e. The van der Waals surface area contributed by atoms with Crippen molar-refractivity contribution in [3.63, 3.8) is 0 Å². The lowest BCUT2D eigenvalue weighted by molar-refractivity contribution is -0.0226. The van der Waals surface area contributed by atoms with Gasteiger partial charge in [-0.2, -0.15) is 12.6 Å². The van der Waals surface area contributed by atoms with Gasteiger partial charge in [-0.15, -0.1) is 0 Å². The number of hydrogen-bond acceptors (Lipinski definition) is 10. The summed E-state index contributed by atoms with van der Waals surface area (Å²) < 4.78 is 42.7. The standard InChI is InChI=1S/C18H39NO8S/c19-1-2-20-3-4-21-5-6-22-7-8-23-9-10-24-11-12-25-13-14-26-15-16-27-17-18-28/h28H,1-19H2. The van der Waals surface area contributed by atoms with Gasteiger partial charge in [-0.05, 0) is 0 Å². The van der Waals surface area contributed by atoms with Gasteiger partial charge in [0, 0.05) is 12.3 Å². The number of hydrogen-bond donors (Lipinski definition) is 2. The van der Waals surface area contributed by atoms with Gasteiger partial charge in [0.1, 0.15) is 0 Å². The molecule has 0 radical (unpaired) electrons. The Bertz CT molecular complexity index is 254. The van der Waals surface area contributed by atoms with Crippen LogP contribution in [0.4, 0.5) is 0 Å². The fourth-order valence-corrected chi connectivity index (χ4v) is 1.92. The summed E-state index contributed by atoms with van der Waals surface area (Å²) in [5.74, 6) is 0.727. The van der Waals surface area contributed by atoms with Crippen LogP contribution < -0.4 is 5.73 Å². The van der Waals surface area contributed by atoms with Crippen molar-refractivity contribution in [3.8, 4) is 0 Å². The Hall–Kier alpha value is -0.0100. The number of rotatable bonds is 25. The van der Waals surface area contributed by atoms with E-state index in [9.17, 15) is 0 Å². The van der Waals surface area contributed by atoms with Crippen LogP contribution in [0.15, 0.2) is 0 Å². The molecule has 0 aromatic carbocycles. The molecule has 0 bridgehead atoms. The van der Waals surface area contributed by atoms with E-state index in [2.05, 4.69) is 12.6 Å². The highest BCUT2D eigenvalue weighted by molar-refractivity contribution is 7.80. The minimum absolute atomic E-state index is 0.533. The van der Waals surface area contributed by atoms with E-state index in [0.717, 1.165) is 5.75 Å². The Morgan fingerprint density at radius 2 is 0.571 bits per heavy atom. The lowest BCUT2D eigenvalue weighted by atomic mass is 10.6. The van der Waals surface area contributed by atoms with Gasteiger partial charge in [0.15, 0.2) is 0 Å². The second-order valence-corrected chi connectivity index (χ2v) is 5.86. The Morgan fingerprint density at radius 1 is 0.357 bits per heavy atom. The van der Waals surface area contributed by atoms with Crippen molar-refractivity contribution in [2.75, 3.05) is 118 Å². The van der Waals surface area contributed by atoms with Crippen molar-refractivity contribution in [2.24, 2.45) is 5.73 Å². The van der Waals surface area contributed by atoms with E-state index in [1.54, 1.807) is 0 Å². The fraction of sp³-hybridized carbons (Fsp3) is 1.00. The van der Waals surface area contributed by atoms with Gasteiger partial charge in [0.2, 0.25) is 0 Å². The Labute approximate surface area is 174 Å². The summed E-state index contributed by atoms with van der Waals surface area (Å²) in [7, 11) is 0. The summed E-state index contributed by atoms with van der Waals surface area (Å²) >= 11 is 4.05. The zero-order valence-electron chi connectivity index (χ0n) is 17.0. The Morgan fingerprint density at radius 3 is 0.786 bits per heavy atom. The van der Waals surface area contributed by atoms with Crippen LogP contribution in [-0.2, 0) is 37.9 Å². The second-order valence-electron chi connectivity index (χ2n) is 5.41. The molecule has 10 heteroatoms. The van der Waals surface area contributed by atoms with Gasteiger partial charge < -0.3 is 43.6 Å². The van der Waals surface area contributed by atoms with Crippen LogP contribution in [0.3, 0.4) is 0 Å². The summed E-state index contributed by atoms with van der Waals surface area (Å²) in [6, 6.07) is 0. The van der Waals surface area contributed by atoms with E-state index in [1.807, 2.05) is 0 Å². The molecule has 0 amide bonds.